The van der Waals surface area contributed by atoms with Crippen molar-refractivity contribution >= 4 is 5.91 Å². The van der Waals surface area contributed by atoms with Crippen LogP contribution in [0.25, 0.3) is 0 Å². The first-order valence-electron chi connectivity index (χ1n) is 10.4. The highest BCUT2D eigenvalue weighted by atomic mass is 16.3. The number of hydrogen-bond acceptors (Lipinski definition) is 2. The Hall–Kier alpha value is -2.91. The molecule has 3 aromatic carbocycles. The Labute approximate surface area is 179 Å². The van der Waals surface area contributed by atoms with Gasteiger partial charge in [-0.2, -0.15) is 0 Å². The SMILES string of the molecule is Cc1ccccc1C(CNC(=O)C(C)(C)C)C(O)(c1ccccc1)c1ccccc1. The maximum Gasteiger partial charge on any atom is 0.225 e. The molecule has 3 heteroatoms. The molecule has 2 N–H and O–H groups in total. The van der Waals surface area contributed by atoms with Gasteiger partial charge in [-0.3, -0.25) is 4.79 Å². The number of hydrogen-bond donors (Lipinski definition) is 2. The number of nitrogens with one attached hydrogen (secondary N) is 1. The summed E-state index contributed by atoms with van der Waals surface area (Å²) in [5.41, 5.74) is 1.89. The predicted molar refractivity (Wildman–Crippen MR) is 122 cm³/mol. The van der Waals surface area contributed by atoms with Gasteiger partial charge in [0.15, 0.2) is 0 Å². The van der Waals surface area contributed by atoms with Crippen LogP contribution in [0.1, 0.15) is 48.9 Å². The zero-order valence-electron chi connectivity index (χ0n) is 18.2. The van der Waals surface area contributed by atoms with Crippen LogP contribution in [0.15, 0.2) is 84.9 Å². The Morgan fingerprint density at radius 3 is 1.77 bits per heavy atom. The van der Waals surface area contributed by atoms with Crippen LogP contribution in [0.2, 0.25) is 0 Å². The molecule has 3 rings (SSSR count). The molecule has 1 atom stereocenters. The number of amides is 1. The molecule has 0 bridgehead atoms. The topological polar surface area (TPSA) is 49.3 Å². The average Bonchev–Trinajstić information content (AvgIpc) is 2.75. The van der Waals surface area contributed by atoms with Crippen LogP contribution >= 0.6 is 0 Å². The molecular formula is C27H31NO2. The first kappa shape index (κ1) is 21.8. The van der Waals surface area contributed by atoms with Crippen LogP contribution in [-0.2, 0) is 10.4 Å². The van der Waals surface area contributed by atoms with Crippen LogP contribution in [0.5, 0.6) is 0 Å². The monoisotopic (exact) mass is 401 g/mol. The molecule has 0 aliphatic rings. The second kappa shape index (κ2) is 8.85. The van der Waals surface area contributed by atoms with Gasteiger partial charge in [0.05, 0.1) is 0 Å². The molecule has 30 heavy (non-hydrogen) atoms. The molecule has 1 amide bonds. The molecule has 0 aliphatic carbocycles. The highest BCUT2D eigenvalue weighted by Gasteiger charge is 2.42. The van der Waals surface area contributed by atoms with Crippen LogP contribution in [0.4, 0.5) is 0 Å². The van der Waals surface area contributed by atoms with Crippen LogP contribution < -0.4 is 5.32 Å². The summed E-state index contributed by atoms with van der Waals surface area (Å²) in [5.74, 6) is -0.403. The second-order valence-corrected chi connectivity index (χ2v) is 8.87. The van der Waals surface area contributed by atoms with E-state index in [2.05, 4.69) is 5.32 Å². The largest absolute Gasteiger partial charge is 0.380 e. The van der Waals surface area contributed by atoms with E-state index in [1.54, 1.807) is 0 Å². The van der Waals surface area contributed by atoms with Gasteiger partial charge in [-0.1, -0.05) is 106 Å². The number of carbonyl (C=O) groups is 1. The number of aliphatic hydroxyl groups is 1. The number of benzene rings is 3. The maximum absolute atomic E-state index is 12.7. The van der Waals surface area contributed by atoms with Gasteiger partial charge in [0, 0.05) is 17.9 Å². The van der Waals surface area contributed by atoms with Crippen molar-refractivity contribution in [1.29, 1.82) is 0 Å². The Morgan fingerprint density at radius 2 is 1.30 bits per heavy atom. The summed E-state index contributed by atoms with van der Waals surface area (Å²) in [6.45, 7) is 8.05. The summed E-state index contributed by atoms with van der Waals surface area (Å²) < 4.78 is 0. The molecule has 156 valence electrons. The molecular weight excluding hydrogens is 370 g/mol. The minimum absolute atomic E-state index is 0.0374. The average molecular weight is 402 g/mol. The van der Waals surface area contributed by atoms with E-state index in [0.29, 0.717) is 6.54 Å². The van der Waals surface area contributed by atoms with Crippen LogP contribution in [-0.4, -0.2) is 17.6 Å². The number of aryl methyl sites for hydroxylation is 1. The van der Waals surface area contributed by atoms with Gasteiger partial charge in [-0.05, 0) is 29.2 Å². The molecule has 1 unspecified atom stereocenters. The van der Waals surface area contributed by atoms with E-state index in [1.165, 1.54) is 0 Å². The third-order valence-corrected chi connectivity index (χ3v) is 5.64. The van der Waals surface area contributed by atoms with Crippen molar-refractivity contribution in [3.05, 3.63) is 107 Å². The van der Waals surface area contributed by atoms with E-state index < -0.39 is 11.0 Å². The molecule has 3 nitrogen and oxygen atoms in total. The summed E-state index contributed by atoms with van der Waals surface area (Å²) in [6.07, 6.45) is 0. The predicted octanol–water partition coefficient (Wildman–Crippen LogP) is 5.18. The molecule has 0 spiro atoms. The Kier molecular flexibility index (Phi) is 6.42. The second-order valence-electron chi connectivity index (χ2n) is 8.87. The van der Waals surface area contributed by atoms with Gasteiger partial charge < -0.3 is 10.4 Å². The quantitative estimate of drug-likeness (QED) is 0.598. The Morgan fingerprint density at radius 1 is 0.833 bits per heavy atom. The molecule has 0 saturated carbocycles. The molecule has 0 radical (unpaired) electrons. The normalized spacial score (nSPS) is 13.0. The molecule has 0 aromatic heterocycles. The van der Waals surface area contributed by atoms with Crippen molar-refractivity contribution in [1.82, 2.24) is 5.32 Å². The summed E-state index contributed by atoms with van der Waals surface area (Å²) in [7, 11) is 0. The lowest BCUT2D eigenvalue weighted by Gasteiger charge is -2.39. The third-order valence-electron chi connectivity index (χ3n) is 5.64. The minimum Gasteiger partial charge on any atom is -0.380 e. The van der Waals surface area contributed by atoms with Gasteiger partial charge in [0.25, 0.3) is 0 Å². The fourth-order valence-corrected chi connectivity index (χ4v) is 3.87. The summed E-state index contributed by atoms with van der Waals surface area (Å²) in [5, 5.41) is 15.5. The lowest BCUT2D eigenvalue weighted by Crippen LogP contribution is -2.44. The van der Waals surface area contributed by atoms with E-state index in [-0.39, 0.29) is 11.8 Å². The van der Waals surface area contributed by atoms with E-state index in [1.807, 2.05) is 113 Å². The summed E-state index contributed by atoms with van der Waals surface area (Å²) >= 11 is 0. The van der Waals surface area contributed by atoms with Crippen molar-refractivity contribution < 1.29 is 9.90 Å². The zero-order chi connectivity index (χ0) is 21.8. The van der Waals surface area contributed by atoms with Gasteiger partial charge in [-0.25, -0.2) is 0 Å². The smallest absolute Gasteiger partial charge is 0.225 e. The first-order valence-corrected chi connectivity index (χ1v) is 10.4. The van der Waals surface area contributed by atoms with E-state index in [0.717, 1.165) is 22.3 Å². The van der Waals surface area contributed by atoms with Crippen molar-refractivity contribution in [2.24, 2.45) is 5.41 Å². The molecule has 0 fully saturated rings. The molecule has 0 aliphatic heterocycles. The van der Waals surface area contributed by atoms with Crippen molar-refractivity contribution in [3.63, 3.8) is 0 Å². The fraction of sp³-hybridized carbons (Fsp3) is 0.296. The molecule has 0 heterocycles. The maximum atomic E-state index is 12.7. The van der Waals surface area contributed by atoms with Gasteiger partial charge >= 0.3 is 0 Å². The van der Waals surface area contributed by atoms with Crippen molar-refractivity contribution in [3.8, 4) is 0 Å². The van der Waals surface area contributed by atoms with Crippen molar-refractivity contribution in [2.75, 3.05) is 6.54 Å². The first-order chi connectivity index (χ1) is 14.2. The fourth-order valence-electron chi connectivity index (χ4n) is 3.87. The number of carbonyl (C=O) groups excluding carboxylic acids is 1. The highest BCUT2D eigenvalue weighted by molar-refractivity contribution is 5.81. The minimum atomic E-state index is -1.31. The Balaban J connectivity index is 2.17. The summed E-state index contributed by atoms with van der Waals surface area (Å²) in [6, 6.07) is 27.5. The Bertz CT molecular complexity index is 935. The zero-order valence-corrected chi connectivity index (χ0v) is 18.2. The summed E-state index contributed by atoms with van der Waals surface area (Å²) in [4.78, 5) is 12.7. The highest BCUT2D eigenvalue weighted by Crippen LogP contribution is 2.43. The molecule has 3 aromatic rings. The van der Waals surface area contributed by atoms with Gasteiger partial charge in [0.2, 0.25) is 5.91 Å². The third kappa shape index (κ3) is 4.47. The van der Waals surface area contributed by atoms with Crippen LogP contribution in [0.3, 0.4) is 0 Å². The standard InChI is InChI=1S/C27H31NO2/c1-20-13-11-12-18-23(20)24(19-28-25(29)26(2,3)4)27(30,21-14-7-5-8-15-21)22-16-9-6-10-17-22/h5-18,24,30H,19H2,1-4H3,(H,28,29). The van der Waals surface area contributed by atoms with E-state index >= 15 is 0 Å². The van der Waals surface area contributed by atoms with E-state index in [9.17, 15) is 9.90 Å². The number of rotatable bonds is 6. The lowest BCUT2D eigenvalue weighted by atomic mass is 9.72. The van der Waals surface area contributed by atoms with Crippen LogP contribution in [0, 0.1) is 12.3 Å². The van der Waals surface area contributed by atoms with E-state index in [4.69, 9.17) is 0 Å². The van der Waals surface area contributed by atoms with Crippen molar-refractivity contribution in [2.45, 2.75) is 39.2 Å². The molecule has 0 saturated heterocycles. The van der Waals surface area contributed by atoms with Gasteiger partial charge in [0.1, 0.15) is 5.60 Å². The van der Waals surface area contributed by atoms with Gasteiger partial charge in [-0.15, -0.1) is 0 Å². The lowest BCUT2D eigenvalue weighted by molar-refractivity contribution is -0.128.